The van der Waals surface area contributed by atoms with Gasteiger partial charge >= 0.3 is 0 Å². The van der Waals surface area contributed by atoms with Gasteiger partial charge in [0.15, 0.2) is 0 Å². The number of amides is 1. The van der Waals surface area contributed by atoms with Crippen LogP contribution in [0.25, 0.3) is 0 Å². The highest BCUT2D eigenvalue weighted by atomic mass is 35.5. The van der Waals surface area contributed by atoms with Crippen LogP contribution in [0.4, 0.5) is 10.1 Å². The number of carbonyl (C=O) groups excluding carboxylic acids is 1. The highest BCUT2D eigenvalue weighted by Crippen LogP contribution is 2.22. The van der Waals surface area contributed by atoms with E-state index < -0.39 is 5.82 Å². The maximum atomic E-state index is 12.9. The van der Waals surface area contributed by atoms with Crippen molar-refractivity contribution in [2.75, 3.05) is 25.0 Å². The largest absolute Gasteiger partial charge is 0.375 e. The lowest BCUT2D eigenvalue weighted by Crippen LogP contribution is -2.49. The van der Waals surface area contributed by atoms with Gasteiger partial charge in [-0.3, -0.25) is 4.79 Å². The zero-order valence-electron chi connectivity index (χ0n) is 11.5. The summed E-state index contributed by atoms with van der Waals surface area (Å²) in [5.74, 6) is -0.421. The fraction of sp³-hybridized carbons (Fsp3) is 0.500. The van der Waals surface area contributed by atoms with Crippen molar-refractivity contribution in [3.8, 4) is 0 Å². The number of ether oxygens (including phenoxy) is 1. The van der Waals surface area contributed by atoms with Crippen LogP contribution in [0, 0.1) is 5.82 Å². The van der Waals surface area contributed by atoms with Crippen molar-refractivity contribution >= 4 is 23.2 Å². The van der Waals surface area contributed by atoms with Crippen LogP contribution >= 0.6 is 11.6 Å². The van der Waals surface area contributed by atoms with Gasteiger partial charge in [0.1, 0.15) is 5.82 Å². The average molecular weight is 301 g/mol. The Hall–Kier alpha value is -1.33. The van der Waals surface area contributed by atoms with E-state index >= 15 is 0 Å². The first-order valence-corrected chi connectivity index (χ1v) is 6.95. The first-order chi connectivity index (χ1) is 9.45. The summed E-state index contributed by atoms with van der Waals surface area (Å²) in [6.07, 6.45) is 0.0780. The molecule has 1 aliphatic rings. The number of morpholine rings is 1. The molecule has 1 N–H and O–H groups in total. The number of carbonyl (C=O) groups is 1. The Labute approximate surface area is 122 Å². The SMILES string of the molecule is CC1CN(C(=O)CNc2ccc(F)cc2Cl)CC(C)O1. The van der Waals surface area contributed by atoms with E-state index in [1.807, 2.05) is 13.8 Å². The van der Waals surface area contributed by atoms with E-state index in [1.54, 1.807) is 4.90 Å². The van der Waals surface area contributed by atoms with Crippen molar-refractivity contribution in [1.82, 2.24) is 4.90 Å². The zero-order chi connectivity index (χ0) is 14.7. The van der Waals surface area contributed by atoms with Gasteiger partial charge in [-0.05, 0) is 32.0 Å². The monoisotopic (exact) mass is 300 g/mol. The number of nitrogens with one attached hydrogen (secondary N) is 1. The van der Waals surface area contributed by atoms with E-state index in [4.69, 9.17) is 16.3 Å². The molecule has 1 amide bonds. The quantitative estimate of drug-likeness (QED) is 0.932. The molecule has 2 rings (SSSR count). The van der Waals surface area contributed by atoms with Crippen LogP contribution in [0.15, 0.2) is 18.2 Å². The molecule has 2 atom stereocenters. The van der Waals surface area contributed by atoms with Crippen LogP contribution in [0.1, 0.15) is 13.8 Å². The van der Waals surface area contributed by atoms with Gasteiger partial charge in [0.05, 0.1) is 29.5 Å². The Bertz CT molecular complexity index is 488. The summed E-state index contributed by atoms with van der Waals surface area (Å²) < 4.78 is 18.5. The standard InChI is InChI=1S/C14H18ClFN2O2/c1-9-7-18(8-10(2)20-9)14(19)6-17-13-4-3-11(16)5-12(13)15/h3-5,9-10,17H,6-8H2,1-2H3. The van der Waals surface area contributed by atoms with Gasteiger partial charge in [0, 0.05) is 13.1 Å². The van der Waals surface area contributed by atoms with Gasteiger partial charge in [-0.25, -0.2) is 4.39 Å². The number of rotatable bonds is 3. The third kappa shape index (κ3) is 3.84. The molecule has 0 aromatic heterocycles. The molecule has 0 spiro atoms. The minimum absolute atomic E-state index is 0.0209. The summed E-state index contributed by atoms with van der Waals surface area (Å²) in [4.78, 5) is 13.9. The molecular weight excluding hydrogens is 283 g/mol. The van der Waals surface area contributed by atoms with Crippen molar-refractivity contribution in [3.63, 3.8) is 0 Å². The highest BCUT2D eigenvalue weighted by Gasteiger charge is 2.25. The van der Waals surface area contributed by atoms with E-state index in [0.717, 1.165) is 0 Å². The van der Waals surface area contributed by atoms with Gasteiger partial charge < -0.3 is 15.0 Å². The van der Waals surface area contributed by atoms with Gasteiger partial charge in [0.2, 0.25) is 5.91 Å². The molecule has 110 valence electrons. The minimum atomic E-state index is -0.400. The number of hydrogen-bond donors (Lipinski definition) is 1. The number of benzene rings is 1. The van der Waals surface area contributed by atoms with Crippen molar-refractivity contribution in [2.45, 2.75) is 26.1 Å². The van der Waals surface area contributed by atoms with E-state index in [-0.39, 0.29) is 29.7 Å². The topological polar surface area (TPSA) is 41.6 Å². The van der Waals surface area contributed by atoms with Crippen LogP contribution in [0.3, 0.4) is 0 Å². The minimum Gasteiger partial charge on any atom is -0.375 e. The lowest BCUT2D eigenvalue weighted by molar-refractivity contribution is -0.141. The Morgan fingerprint density at radius 1 is 1.45 bits per heavy atom. The Morgan fingerprint density at radius 2 is 2.10 bits per heavy atom. The molecule has 2 unspecified atom stereocenters. The summed E-state index contributed by atoms with van der Waals surface area (Å²) in [6, 6.07) is 4.04. The highest BCUT2D eigenvalue weighted by molar-refractivity contribution is 6.33. The smallest absolute Gasteiger partial charge is 0.242 e. The van der Waals surface area contributed by atoms with Crippen molar-refractivity contribution < 1.29 is 13.9 Å². The third-order valence-electron chi connectivity index (χ3n) is 3.13. The van der Waals surface area contributed by atoms with Crippen LogP contribution < -0.4 is 5.32 Å². The summed E-state index contributed by atoms with van der Waals surface area (Å²) in [5.41, 5.74) is 0.552. The van der Waals surface area contributed by atoms with Gasteiger partial charge in [-0.15, -0.1) is 0 Å². The maximum absolute atomic E-state index is 12.9. The van der Waals surface area contributed by atoms with Crippen LogP contribution in [0.2, 0.25) is 5.02 Å². The predicted molar refractivity (Wildman–Crippen MR) is 76.5 cm³/mol. The predicted octanol–water partition coefficient (Wildman–Crippen LogP) is 2.53. The molecule has 1 fully saturated rings. The molecule has 20 heavy (non-hydrogen) atoms. The van der Waals surface area contributed by atoms with Gasteiger partial charge in [-0.1, -0.05) is 11.6 Å². The van der Waals surface area contributed by atoms with Crippen LogP contribution in [0.5, 0.6) is 0 Å². The Balaban J connectivity index is 1.91. The van der Waals surface area contributed by atoms with Crippen LogP contribution in [-0.4, -0.2) is 42.6 Å². The van der Waals surface area contributed by atoms with Crippen LogP contribution in [-0.2, 0) is 9.53 Å². The number of hydrogen-bond acceptors (Lipinski definition) is 3. The summed E-state index contributed by atoms with van der Waals surface area (Å²) in [6.45, 7) is 5.19. The number of anilines is 1. The third-order valence-corrected chi connectivity index (χ3v) is 3.45. The first-order valence-electron chi connectivity index (χ1n) is 6.58. The van der Waals surface area contributed by atoms with E-state index in [9.17, 15) is 9.18 Å². The molecule has 0 radical (unpaired) electrons. The van der Waals surface area contributed by atoms with E-state index in [1.165, 1.54) is 18.2 Å². The fourth-order valence-corrected chi connectivity index (χ4v) is 2.53. The number of nitrogens with zero attached hydrogens (tertiary/aromatic N) is 1. The summed E-state index contributed by atoms with van der Waals surface area (Å²) in [5, 5.41) is 3.20. The normalized spacial score (nSPS) is 22.7. The van der Waals surface area contributed by atoms with Gasteiger partial charge in [-0.2, -0.15) is 0 Å². The molecule has 0 aliphatic carbocycles. The molecule has 6 heteroatoms. The van der Waals surface area contributed by atoms with Crippen molar-refractivity contribution in [3.05, 3.63) is 29.0 Å². The molecular formula is C14H18ClFN2O2. The van der Waals surface area contributed by atoms with Gasteiger partial charge in [0.25, 0.3) is 0 Å². The van der Waals surface area contributed by atoms with E-state index in [2.05, 4.69) is 5.32 Å². The first kappa shape index (κ1) is 15.1. The lowest BCUT2D eigenvalue weighted by Gasteiger charge is -2.35. The molecule has 1 aromatic carbocycles. The summed E-state index contributed by atoms with van der Waals surface area (Å²) >= 11 is 5.90. The average Bonchev–Trinajstić information content (AvgIpc) is 2.36. The van der Waals surface area contributed by atoms with Crippen molar-refractivity contribution in [2.24, 2.45) is 0 Å². The molecule has 1 aliphatic heterocycles. The second-order valence-corrected chi connectivity index (χ2v) is 5.44. The fourth-order valence-electron chi connectivity index (χ4n) is 2.30. The van der Waals surface area contributed by atoms with E-state index in [0.29, 0.717) is 18.8 Å². The zero-order valence-corrected chi connectivity index (χ0v) is 12.3. The second-order valence-electron chi connectivity index (χ2n) is 5.03. The lowest BCUT2D eigenvalue weighted by atomic mass is 10.2. The molecule has 0 saturated carbocycles. The second kappa shape index (κ2) is 6.41. The molecule has 1 heterocycles. The van der Waals surface area contributed by atoms with Crippen molar-refractivity contribution in [1.29, 1.82) is 0 Å². The summed E-state index contributed by atoms with van der Waals surface area (Å²) in [7, 11) is 0. The molecule has 4 nitrogen and oxygen atoms in total. The molecule has 0 bridgehead atoms. The maximum Gasteiger partial charge on any atom is 0.242 e. The Kier molecular flexibility index (Phi) is 4.83. The molecule has 1 aromatic rings. The molecule has 1 saturated heterocycles. The Morgan fingerprint density at radius 3 is 2.70 bits per heavy atom. The number of halogens is 2.